The highest BCUT2D eigenvalue weighted by Gasteiger charge is 2.25. The van der Waals surface area contributed by atoms with E-state index < -0.39 is 17.4 Å². The minimum absolute atomic E-state index is 0.813. The highest BCUT2D eigenvalue weighted by Crippen LogP contribution is 2.22. The van der Waals surface area contributed by atoms with E-state index in [1.807, 2.05) is 13.8 Å². The second kappa shape index (κ2) is 9.61. The normalized spacial score (nSPS) is 13.4. The van der Waals surface area contributed by atoms with Crippen LogP contribution < -0.4 is 0 Å². The van der Waals surface area contributed by atoms with Gasteiger partial charge in [0.25, 0.3) is 0 Å². The van der Waals surface area contributed by atoms with Crippen molar-refractivity contribution in [3.05, 3.63) is 0 Å². The highest BCUT2D eigenvalue weighted by atomic mass is 28.4. The Morgan fingerprint density at radius 1 is 1.20 bits per heavy atom. The van der Waals surface area contributed by atoms with E-state index in [0.29, 0.717) is 0 Å². The zero-order valence-electron chi connectivity index (χ0n) is 12.2. The van der Waals surface area contributed by atoms with Crippen LogP contribution in [0.5, 0.6) is 0 Å². The third-order valence-electron chi connectivity index (χ3n) is 2.18. The van der Waals surface area contributed by atoms with E-state index in [2.05, 4.69) is 40.0 Å². The van der Waals surface area contributed by atoms with Crippen molar-refractivity contribution in [1.29, 1.82) is 0 Å². The lowest BCUT2D eigenvalue weighted by Gasteiger charge is -2.28. The van der Waals surface area contributed by atoms with Crippen molar-refractivity contribution in [2.45, 2.75) is 72.8 Å². The summed E-state index contributed by atoms with van der Waals surface area (Å²) in [6.45, 7) is 17.9. The van der Waals surface area contributed by atoms with E-state index in [4.69, 9.17) is 4.12 Å². The Hall–Kier alpha value is 0.394. The molecule has 0 aliphatic carbocycles. The molecule has 0 aliphatic heterocycles. The molecule has 0 saturated carbocycles. The molecule has 15 heavy (non-hydrogen) atoms. The molecule has 0 N–H and O–H groups in total. The van der Waals surface area contributed by atoms with Gasteiger partial charge in [0.1, 0.15) is 0 Å². The maximum absolute atomic E-state index is 6.13. The Morgan fingerprint density at radius 3 is 2.00 bits per heavy atom. The highest BCUT2D eigenvalue weighted by molar-refractivity contribution is 6.77. The molecule has 3 heteroatoms. The predicted molar refractivity (Wildman–Crippen MR) is 77.7 cm³/mol. The van der Waals surface area contributed by atoms with Crippen molar-refractivity contribution < 1.29 is 4.12 Å². The van der Waals surface area contributed by atoms with Gasteiger partial charge in [-0.15, -0.1) is 0 Å². The van der Waals surface area contributed by atoms with Crippen LogP contribution in [0.2, 0.25) is 32.2 Å². The summed E-state index contributed by atoms with van der Waals surface area (Å²) in [4.78, 5) is 0. The molecule has 0 aromatic heterocycles. The fraction of sp³-hybridized carbons (Fsp3) is 1.00. The summed E-state index contributed by atoms with van der Waals surface area (Å²) < 4.78 is 6.13. The van der Waals surface area contributed by atoms with Gasteiger partial charge in [-0.05, 0) is 38.2 Å². The van der Waals surface area contributed by atoms with Crippen molar-refractivity contribution in [2.24, 2.45) is 5.92 Å². The average Bonchev–Trinajstić information content (AvgIpc) is 2.04. The van der Waals surface area contributed by atoms with E-state index in [-0.39, 0.29) is 0 Å². The monoisotopic (exact) mass is 248 g/mol. The summed E-state index contributed by atoms with van der Waals surface area (Å²) in [6.07, 6.45) is 2.67. The molecule has 0 aliphatic rings. The van der Waals surface area contributed by atoms with Crippen LogP contribution in [-0.4, -0.2) is 17.4 Å². The minimum Gasteiger partial charge on any atom is -0.458 e. The molecule has 0 aromatic rings. The van der Waals surface area contributed by atoms with Crippen molar-refractivity contribution >= 4 is 17.4 Å². The second-order valence-electron chi connectivity index (χ2n) is 5.02. The lowest BCUT2D eigenvalue weighted by Crippen LogP contribution is -2.36. The fourth-order valence-electron chi connectivity index (χ4n) is 2.12. The molecular formula is C12H32OSi2. The van der Waals surface area contributed by atoms with Crippen LogP contribution in [0.4, 0.5) is 0 Å². The molecular weight excluding hydrogens is 216 g/mol. The lowest BCUT2D eigenvalue weighted by molar-refractivity contribution is 0.509. The summed E-state index contributed by atoms with van der Waals surface area (Å²) in [6, 6.07) is 1.34. The first-order chi connectivity index (χ1) is 6.87. The molecule has 0 radical (unpaired) electrons. The van der Waals surface area contributed by atoms with Gasteiger partial charge in [0.2, 0.25) is 0 Å². The van der Waals surface area contributed by atoms with Crippen LogP contribution in [-0.2, 0) is 4.12 Å². The van der Waals surface area contributed by atoms with Crippen LogP contribution >= 0.6 is 0 Å². The summed E-state index contributed by atoms with van der Waals surface area (Å²) in [5, 5.41) is 0. The largest absolute Gasteiger partial charge is 0.458 e. The molecule has 1 nitrogen and oxygen atoms in total. The number of hydrogen-bond donors (Lipinski definition) is 0. The van der Waals surface area contributed by atoms with E-state index >= 15 is 0 Å². The zero-order chi connectivity index (χ0) is 12.5. The van der Waals surface area contributed by atoms with Crippen molar-refractivity contribution in [3.8, 4) is 0 Å². The Labute approximate surface area is 100 Å². The van der Waals surface area contributed by atoms with Gasteiger partial charge in [-0.25, -0.2) is 0 Å². The van der Waals surface area contributed by atoms with Gasteiger partial charge < -0.3 is 4.12 Å². The predicted octanol–water partition coefficient (Wildman–Crippen LogP) is 4.65. The van der Waals surface area contributed by atoms with Gasteiger partial charge in [-0.3, -0.25) is 0 Å². The van der Waals surface area contributed by atoms with Gasteiger partial charge >= 0.3 is 0 Å². The van der Waals surface area contributed by atoms with Gasteiger partial charge in [0, 0.05) is 0 Å². The van der Waals surface area contributed by atoms with E-state index in [0.717, 1.165) is 5.92 Å². The SMILES string of the molecule is CC.CCCC(C)C[Si](C)(C)O[SiH](C)C. The Bertz CT molecular complexity index is 136. The second-order valence-corrected chi connectivity index (χ2v) is 12.0. The van der Waals surface area contributed by atoms with Gasteiger partial charge in [-0.1, -0.05) is 40.5 Å². The molecule has 0 rings (SSSR count). The van der Waals surface area contributed by atoms with Crippen molar-refractivity contribution in [1.82, 2.24) is 0 Å². The molecule has 94 valence electrons. The molecule has 1 unspecified atom stereocenters. The fourth-order valence-corrected chi connectivity index (χ4v) is 9.49. The van der Waals surface area contributed by atoms with Crippen molar-refractivity contribution in [2.75, 3.05) is 0 Å². The third-order valence-corrected chi connectivity index (χ3v) is 8.29. The molecule has 0 amide bonds. The van der Waals surface area contributed by atoms with Crippen LogP contribution in [0.1, 0.15) is 40.5 Å². The number of hydrogen-bond acceptors (Lipinski definition) is 1. The first-order valence-electron chi connectivity index (χ1n) is 6.55. The van der Waals surface area contributed by atoms with Gasteiger partial charge in [0.15, 0.2) is 17.4 Å². The molecule has 0 saturated heterocycles. The maximum atomic E-state index is 6.13. The molecule has 0 bridgehead atoms. The number of rotatable bonds is 6. The first-order valence-corrected chi connectivity index (χ1v) is 12.4. The molecule has 0 heterocycles. The molecule has 0 aromatic carbocycles. The Morgan fingerprint density at radius 2 is 1.67 bits per heavy atom. The van der Waals surface area contributed by atoms with Crippen LogP contribution in [0.3, 0.4) is 0 Å². The van der Waals surface area contributed by atoms with E-state index in [9.17, 15) is 0 Å². The standard InChI is InChI=1S/C10H26OSi2.C2H6/c1-7-8-10(2)9-13(5,6)11-12(3)4;1-2/h10,12H,7-9H2,1-6H3;1-2H3. The Kier molecular flexibility index (Phi) is 11.4. The summed E-state index contributed by atoms with van der Waals surface area (Å²) in [7, 11) is -2.12. The van der Waals surface area contributed by atoms with E-state index in [1.165, 1.54) is 18.9 Å². The quantitative estimate of drug-likeness (QED) is 0.622. The van der Waals surface area contributed by atoms with Crippen molar-refractivity contribution in [3.63, 3.8) is 0 Å². The van der Waals surface area contributed by atoms with Gasteiger partial charge in [0.05, 0.1) is 0 Å². The summed E-state index contributed by atoms with van der Waals surface area (Å²) in [5.41, 5.74) is 0. The Balaban J connectivity index is 0. The maximum Gasteiger partial charge on any atom is 0.173 e. The van der Waals surface area contributed by atoms with Crippen LogP contribution in [0.15, 0.2) is 0 Å². The smallest absolute Gasteiger partial charge is 0.173 e. The third kappa shape index (κ3) is 12.3. The topological polar surface area (TPSA) is 9.23 Å². The molecule has 0 spiro atoms. The summed E-state index contributed by atoms with van der Waals surface area (Å²) >= 11 is 0. The van der Waals surface area contributed by atoms with Crippen LogP contribution in [0.25, 0.3) is 0 Å². The summed E-state index contributed by atoms with van der Waals surface area (Å²) in [5.74, 6) is 0.861. The average molecular weight is 249 g/mol. The molecule has 1 atom stereocenters. The molecule has 0 fully saturated rings. The first kappa shape index (κ1) is 17.8. The minimum atomic E-state index is -1.30. The van der Waals surface area contributed by atoms with E-state index in [1.54, 1.807) is 0 Å². The van der Waals surface area contributed by atoms with Crippen LogP contribution in [0, 0.1) is 5.92 Å². The van der Waals surface area contributed by atoms with Gasteiger partial charge in [-0.2, -0.15) is 0 Å². The lowest BCUT2D eigenvalue weighted by atomic mass is 10.1. The zero-order valence-corrected chi connectivity index (χ0v) is 14.3.